The number of nitrogens with one attached hydrogen (secondary N) is 1. The topological polar surface area (TPSA) is 80.3 Å². The number of methoxy groups -OCH3 is 2. The number of hydrogen-bond acceptors (Lipinski definition) is 7. The fourth-order valence-electron chi connectivity index (χ4n) is 3.47. The van der Waals surface area contributed by atoms with Gasteiger partial charge >= 0.3 is 5.97 Å². The fourth-order valence-corrected chi connectivity index (χ4v) is 3.47. The van der Waals surface area contributed by atoms with E-state index in [0.717, 1.165) is 38.4 Å². The summed E-state index contributed by atoms with van der Waals surface area (Å²) in [6, 6.07) is 12.2. The number of amides is 1. The fraction of sp³-hybridized carbons (Fsp3) is 0.391. The number of benzene rings is 2. The van der Waals surface area contributed by atoms with Gasteiger partial charge in [-0.1, -0.05) is 6.92 Å². The number of rotatable bonds is 8. The standard InChI is InChI=1S/C23H29N3O5/c1-4-25-11-13-26(14-12-25)21-10-5-17(23(28)30-3)15-20(21)24-22(27)16-31-19-8-6-18(29-2)7-9-19/h5-10,15H,4,11-14,16H2,1-3H3,(H,24,27). The van der Waals surface area contributed by atoms with Crippen LogP contribution >= 0.6 is 0 Å². The molecular weight excluding hydrogens is 398 g/mol. The molecule has 1 amide bonds. The van der Waals surface area contributed by atoms with Crippen molar-refractivity contribution in [2.24, 2.45) is 0 Å². The van der Waals surface area contributed by atoms with Gasteiger partial charge in [0, 0.05) is 26.2 Å². The number of piperazine rings is 1. The third-order valence-corrected chi connectivity index (χ3v) is 5.28. The van der Waals surface area contributed by atoms with E-state index in [9.17, 15) is 9.59 Å². The zero-order chi connectivity index (χ0) is 22.2. The van der Waals surface area contributed by atoms with E-state index in [1.165, 1.54) is 7.11 Å². The average molecular weight is 428 g/mol. The Labute approximate surface area is 182 Å². The van der Waals surface area contributed by atoms with Crippen molar-refractivity contribution in [1.29, 1.82) is 0 Å². The summed E-state index contributed by atoms with van der Waals surface area (Å²) in [5.41, 5.74) is 1.82. The van der Waals surface area contributed by atoms with E-state index in [1.807, 2.05) is 6.07 Å². The van der Waals surface area contributed by atoms with Crippen molar-refractivity contribution in [2.75, 3.05) is 63.8 Å². The predicted octanol–water partition coefficient (Wildman–Crippen LogP) is 2.64. The van der Waals surface area contributed by atoms with E-state index in [1.54, 1.807) is 43.5 Å². The van der Waals surface area contributed by atoms with E-state index in [-0.39, 0.29) is 12.5 Å². The Hall–Kier alpha value is -3.26. The van der Waals surface area contributed by atoms with Crippen molar-refractivity contribution in [1.82, 2.24) is 4.90 Å². The summed E-state index contributed by atoms with van der Waals surface area (Å²) in [5.74, 6) is 0.512. The van der Waals surface area contributed by atoms with Crippen molar-refractivity contribution in [3.05, 3.63) is 48.0 Å². The van der Waals surface area contributed by atoms with Crippen LogP contribution in [0.5, 0.6) is 11.5 Å². The molecule has 8 heteroatoms. The normalized spacial score (nSPS) is 14.1. The van der Waals surface area contributed by atoms with Crippen molar-refractivity contribution >= 4 is 23.3 Å². The number of esters is 1. The van der Waals surface area contributed by atoms with Gasteiger partial charge in [0.2, 0.25) is 0 Å². The maximum Gasteiger partial charge on any atom is 0.337 e. The SMILES string of the molecule is CCN1CCN(c2ccc(C(=O)OC)cc2NC(=O)COc2ccc(OC)cc2)CC1. The second-order valence-corrected chi connectivity index (χ2v) is 7.16. The first-order chi connectivity index (χ1) is 15.0. The second kappa shape index (κ2) is 10.7. The van der Waals surface area contributed by atoms with Crippen LogP contribution in [0.15, 0.2) is 42.5 Å². The molecular formula is C23H29N3O5. The first kappa shape index (κ1) is 22.4. The Kier molecular flexibility index (Phi) is 7.72. The Morgan fingerprint density at radius 3 is 2.26 bits per heavy atom. The molecule has 1 aliphatic heterocycles. The van der Waals surface area contributed by atoms with Gasteiger partial charge in [-0.3, -0.25) is 4.79 Å². The molecule has 0 spiro atoms. The molecule has 31 heavy (non-hydrogen) atoms. The van der Waals surface area contributed by atoms with E-state index in [2.05, 4.69) is 22.0 Å². The Morgan fingerprint density at radius 2 is 1.65 bits per heavy atom. The van der Waals surface area contributed by atoms with Gasteiger partial charge in [-0.2, -0.15) is 0 Å². The van der Waals surface area contributed by atoms with Crippen LogP contribution in [0, 0.1) is 0 Å². The lowest BCUT2D eigenvalue weighted by Crippen LogP contribution is -2.46. The van der Waals surface area contributed by atoms with Gasteiger partial charge in [0.25, 0.3) is 5.91 Å². The lowest BCUT2D eigenvalue weighted by atomic mass is 10.1. The minimum absolute atomic E-state index is 0.155. The number of nitrogens with zero attached hydrogens (tertiary/aromatic N) is 2. The second-order valence-electron chi connectivity index (χ2n) is 7.16. The Balaban J connectivity index is 1.71. The molecule has 0 saturated carbocycles. The molecule has 3 rings (SSSR count). The van der Waals surface area contributed by atoms with Gasteiger partial charge in [-0.25, -0.2) is 4.79 Å². The van der Waals surface area contributed by atoms with Crippen molar-refractivity contribution < 1.29 is 23.8 Å². The molecule has 1 aliphatic rings. The van der Waals surface area contributed by atoms with Crippen LogP contribution in [0.2, 0.25) is 0 Å². The Bertz CT molecular complexity index is 893. The highest BCUT2D eigenvalue weighted by atomic mass is 16.5. The van der Waals surface area contributed by atoms with Crippen LogP contribution < -0.4 is 19.7 Å². The molecule has 0 bridgehead atoms. The predicted molar refractivity (Wildman–Crippen MR) is 119 cm³/mol. The Morgan fingerprint density at radius 1 is 0.968 bits per heavy atom. The molecule has 8 nitrogen and oxygen atoms in total. The maximum atomic E-state index is 12.6. The molecule has 1 fully saturated rings. The van der Waals surface area contributed by atoms with Gasteiger partial charge < -0.3 is 29.3 Å². The first-order valence-electron chi connectivity index (χ1n) is 10.3. The molecule has 0 radical (unpaired) electrons. The van der Waals surface area contributed by atoms with Gasteiger partial charge in [-0.05, 0) is 49.0 Å². The lowest BCUT2D eigenvalue weighted by Gasteiger charge is -2.36. The zero-order valence-corrected chi connectivity index (χ0v) is 18.2. The molecule has 0 atom stereocenters. The summed E-state index contributed by atoms with van der Waals surface area (Å²) in [4.78, 5) is 29.2. The number of likely N-dealkylation sites (N-methyl/N-ethyl adjacent to an activating group) is 1. The number of carbonyl (C=O) groups is 2. The first-order valence-corrected chi connectivity index (χ1v) is 10.3. The zero-order valence-electron chi connectivity index (χ0n) is 18.2. The van der Waals surface area contributed by atoms with E-state index >= 15 is 0 Å². The molecule has 2 aromatic carbocycles. The van der Waals surface area contributed by atoms with Crippen LogP contribution in [0.1, 0.15) is 17.3 Å². The summed E-state index contributed by atoms with van der Waals surface area (Å²) < 4.78 is 15.5. The molecule has 1 N–H and O–H groups in total. The summed E-state index contributed by atoms with van der Waals surface area (Å²) in [6.07, 6.45) is 0. The van der Waals surface area contributed by atoms with Crippen LogP contribution in [0.4, 0.5) is 11.4 Å². The minimum Gasteiger partial charge on any atom is -0.497 e. The largest absolute Gasteiger partial charge is 0.497 e. The third-order valence-electron chi connectivity index (χ3n) is 5.28. The summed E-state index contributed by atoms with van der Waals surface area (Å²) >= 11 is 0. The highest BCUT2D eigenvalue weighted by Gasteiger charge is 2.21. The van der Waals surface area contributed by atoms with Crippen LogP contribution in [0.3, 0.4) is 0 Å². The number of anilines is 2. The van der Waals surface area contributed by atoms with Crippen LogP contribution in [0.25, 0.3) is 0 Å². The molecule has 0 aromatic heterocycles. The molecule has 166 valence electrons. The van der Waals surface area contributed by atoms with Crippen LogP contribution in [-0.4, -0.2) is 70.3 Å². The molecule has 0 unspecified atom stereocenters. The molecule has 0 aliphatic carbocycles. The molecule has 1 saturated heterocycles. The van der Waals surface area contributed by atoms with Crippen molar-refractivity contribution in [3.63, 3.8) is 0 Å². The third kappa shape index (κ3) is 5.88. The highest BCUT2D eigenvalue weighted by Crippen LogP contribution is 2.29. The van der Waals surface area contributed by atoms with Gasteiger partial charge in [0.1, 0.15) is 11.5 Å². The smallest absolute Gasteiger partial charge is 0.337 e. The van der Waals surface area contributed by atoms with E-state index in [0.29, 0.717) is 22.7 Å². The lowest BCUT2D eigenvalue weighted by molar-refractivity contribution is -0.118. The number of carbonyl (C=O) groups excluding carboxylic acids is 2. The van der Waals surface area contributed by atoms with Crippen molar-refractivity contribution in [3.8, 4) is 11.5 Å². The minimum atomic E-state index is -0.452. The maximum absolute atomic E-state index is 12.6. The van der Waals surface area contributed by atoms with Crippen molar-refractivity contribution in [2.45, 2.75) is 6.92 Å². The van der Waals surface area contributed by atoms with E-state index < -0.39 is 5.97 Å². The quantitative estimate of drug-likeness (QED) is 0.649. The van der Waals surface area contributed by atoms with E-state index in [4.69, 9.17) is 14.2 Å². The summed E-state index contributed by atoms with van der Waals surface area (Å²) in [5, 5.41) is 2.89. The highest BCUT2D eigenvalue weighted by molar-refractivity contribution is 5.98. The van der Waals surface area contributed by atoms with Gasteiger partial charge in [0.15, 0.2) is 6.61 Å². The number of hydrogen-bond donors (Lipinski definition) is 1. The summed E-state index contributed by atoms with van der Waals surface area (Å²) in [6.45, 7) is 6.59. The van der Waals surface area contributed by atoms with Crippen LogP contribution in [-0.2, 0) is 9.53 Å². The number of ether oxygens (including phenoxy) is 3. The van der Waals surface area contributed by atoms with Gasteiger partial charge in [-0.15, -0.1) is 0 Å². The molecule has 1 heterocycles. The monoisotopic (exact) mass is 427 g/mol. The van der Waals surface area contributed by atoms with Gasteiger partial charge in [0.05, 0.1) is 31.2 Å². The molecule has 2 aromatic rings. The summed E-state index contributed by atoms with van der Waals surface area (Å²) in [7, 11) is 2.92. The average Bonchev–Trinajstić information content (AvgIpc) is 2.82.